The first kappa shape index (κ1) is 17.0. The SMILES string of the molecule is CCCCC(CC)CC(=O)N1CCOCC1CC(=O)O. The van der Waals surface area contributed by atoms with E-state index < -0.39 is 5.97 Å². The van der Waals surface area contributed by atoms with Crippen LogP contribution in [0, 0.1) is 5.92 Å². The molecule has 0 saturated carbocycles. The summed E-state index contributed by atoms with van der Waals surface area (Å²) in [6, 6.07) is -0.308. The van der Waals surface area contributed by atoms with Gasteiger partial charge < -0.3 is 14.7 Å². The van der Waals surface area contributed by atoms with Crippen LogP contribution in [0.2, 0.25) is 0 Å². The van der Waals surface area contributed by atoms with Crippen LogP contribution in [-0.2, 0) is 14.3 Å². The average Bonchev–Trinajstić information content (AvgIpc) is 2.43. The number of carbonyl (C=O) groups is 2. The number of unbranched alkanes of at least 4 members (excludes halogenated alkanes) is 1. The first-order valence-electron chi connectivity index (χ1n) is 7.67. The lowest BCUT2D eigenvalue weighted by atomic mass is 9.94. The lowest BCUT2D eigenvalue weighted by Crippen LogP contribution is -2.49. The smallest absolute Gasteiger partial charge is 0.305 e. The molecule has 2 atom stereocenters. The number of aliphatic carboxylic acids is 1. The Morgan fingerprint density at radius 3 is 2.75 bits per heavy atom. The fourth-order valence-corrected chi connectivity index (χ4v) is 2.66. The van der Waals surface area contributed by atoms with E-state index in [9.17, 15) is 9.59 Å². The highest BCUT2D eigenvalue weighted by atomic mass is 16.5. The van der Waals surface area contributed by atoms with Crippen LogP contribution in [0.25, 0.3) is 0 Å². The van der Waals surface area contributed by atoms with Gasteiger partial charge in [0.15, 0.2) is 0 Å². The molecule has 0 aliphatic carbocycles. The minimum absolute atomic E-state index is 0.0303. The third kappa shape index (κ3) is 5.49. The molecule has 1 aliphatic rings. The molecule has 2 unspecified atom stereocenters. The summed E-state index contributed by atoms with van der Waals surface area (Å²) >= 11 is 0. The van der Waals surface area contributed by atoms with Crippen LogP contribution in [0.3, 0.4) is 0 Å². The molecule has 0 spiro atoms. The summed E-state index contributed by atoms with van der Waals surface area (Å²) in [7, 11) is 0. The van der Waals surface area contributed by atoms with Crippen molar-refractivity contribution in [3.8, 4) is 0 Å². The lowest BCUT2D eigenvalue weighted by Gasteiger charge is -2.35. The topological polar surface area (TPSA) is 66.8 Å². The predicted octanol–water partition coefficient (Wildman–Crippen LogP) is 2.30. The number of ether oxygens (including phenoxy) is 1. The van der Waals surface area contributed by atoms with E-state index in [1.165, 1.54) is 0 Å². The number of carbonyl (C=O) groups excluding carboxylic acids is 1. The Labute approximate surface area is 121 Å². The minimum Gasteiger partial charge on any atom is -0.481 e. The number of rotatable bonds is 8. The quantitative estimate of drug-likeness (QED) is 0.743. The Bertz CT molecular complexity index is 319. The van der Waals surface area contributed by atoms with Gasteiger partial charge in [-0.3, -0.25) is 9.59 Å². The second-order valence-electron chi connectivity index (χ2n) is 5.53. The van der Waals surface area contributed by atoms with Gasteiger partial charge in [0.2, 0.25) is 5.91 Å². The van der Waals surface area contributed by atoms with Crippen LogP contribution in [-0.4, -0.2) is 47.7 Å². The summed E-state index contributed by atoms with van der Waals surface area (Å²) in [5.74, 6) is -0.380. The molecular formula is C15H27NO4. The van der Waals surface area contributed by atoms with E-state index in [2.05, 4.69) is 13.8 Å². The molecule has 116 valence electrons. The molecule has 1 N–H and O–H groups in total. The summed E-state index contributed by atoms with van der Waals surface area (Å²) < 4.78 is 5.30. The van der Waals surface area contributed by atoms with Crippen molar-refractivity contribution in [1.29, 1.82) is 0 Å². The van der Waals surface area contributed by atoms with Gasteiger partial charge in [0.25, 0.3) is 0 Å². The van der Waals surface area contributed by atoms with Gasteiger partial charge in [0.05, 0.1) is 25.7 Å². The summed E-state index contributed by atoms with van der Waals surface area (Å²) in [6.45, 7) is 5.62. The molecular weight excluding hydrogens is 258 g/mol. The van der Waals surface area contributed by atoms with Crippen LogP contribution in [0.1, 0.15) is 52.4 Å². The van der Waals surface area contributed by atoms with Gasteiger partial charge in [-0.15, -0.1) is 0 Å². The van der Waals surface area contributed by atoms with Crippen LogP contribution in [0.15, 0.2) is 0 Å². The van der Waals surface area contributed by atoms with E-state index in [0.717, 1.165) is 25.7 Å². The monoisotopic (exact) mass is 285 g/mol. The Balaban J connectivity index is 2.55. The van der Waals surface area contributed by atoms with Crippen molar-refractivity contribution in [2.45, 2.75) is 58.4 Å². The maximum atomic E-state index is 12.4. The second kappa shape index (κ2) is 8.95. The van der Waals surface area contributed by atoms with Crippen molar-refractivity contribution < 1.29 is 19.4 Å². The third-order valence-electron chi connectivity index (χ3n) is 3.96. The van der Waals surface area contributed by atoms with Crippen molar-refractivity contribution in [2.24, 2.45) is 5.92 Å². The first-order valence-corrected chi connectivity index (χ1v) is 7.67. The van der Waals surface area contributed by atoms with Crippen LogP contribution >= 0.6 is 0 Å². The van der Waals surface area contributed by atoms with Gasteiger partial charge in [-0.25, -0.2) is 0 Å². The molecule has 5 nitrogen and oxygen atoms in total. The second-order valence-corrected chi connectivity index (χ2v) is 5.53. The Morgan fingerprint density at radius 2 is 2.15 bits per heavy atom. The standard InChI is InChI=1S/C15H27NO4/c1-3-5-6-12(4-2)9-14(17)16-7-8-20-11-13(16)10-15(18)19/h12-13H,3-11H2,1-2H3,(H,18,19). The molecule has 0 aromatic carbocycles. The number of morpholine rings is 1. The lowest BCUT2D eigenvalue weighted by molar-refractivity contribution is -0.146. The van der Waals surface area contributed by atoms with E-state index in [-0.39, 0.29) is 18.4 Å². The van der Waals surface area contributed by atoms with E-state index >= 15 is 0 Å². The molecule has 1 heterocycles. The fraction of sp³-hybridized carbons (Fsp3) is 0.867. The van der Waals surface area contributed by atoms with Gasteiger partial charge in [-0.05, 0) is 12.3 Å². The Morgan fingerprint density at radius 1 is 1.40 bits per heavy atom. The van der Waals surface area contributed by atoms with Gasteiger partial charge in [-0.1, -0.05) is 33.1 Å². The van der Waals surface area contributed by atoms with Crippen molar-refractivity contribution in [3.63, 3.8) is 0 Å². The highest BCUT2D eigenvalue weighted by molar-refractivity contribution is 5.78. The number of carboxylic acids is 1. The van der Waals surface area contributed by atoms with Gasteiger partial charge >= 0.3 is 5.97 Å². The van der Waals surface area contributed by atoms with Gasteiger partial charge in [0.1, 0.15) is 0 Å². The summed E-state index contributed by atoms with van der Waals surface area (Å²) in [4.78, 5) is 25.0. The van der Waals surface area contributed by atoms with E-state index in [0.29, 0.717) is 32.1 Å². The Kier molecular flexibility index (Phi) is 7.59. The third-order valence-corrected chi connectivity index (χ3v) is 3.96. The molecule has 1 fully saturated rings. The molecule has 20 heavy (non-hydrogen) atoms. The average molecular weight is 285 g/mol. The highest BCUT2D eigenvalue weighted by Crippen LogP contribution is 2.20. The first-order chi connectivity index (χ1) is 9.58. The number of amides is 1. The van der Waals surface area contributed by atoms with Crippen LogP contribution in [0.4, 0.5) is 0 Å². The zero-order valence-corrected chi connectivity index (χ0v) is 12.6. The van der Waals surface area contributed by atoms with Crippen molar-refractivity contribution in [3.05, 3.63) is 0 Å². The number of nitrogens with zero attached hydrogens (tertiary/aromatic N) is 1. The summed E-state index contributed by atoms with van der Waals surface area (Å²) in [6.07, 6.45) is 4.87. The largest absolute Gasteiger partial charge is 0.481 e. The molecule has 5 heteroatoms. The molecule has 0 bridgehead atoms. The van der Waals surface area contributed by atoms with E-state index in [4.69, 9.17) is 9.84 Å². The molecule has 0 aromatic heterocycles. The number of hydrogen-bond acceptors (Lipinski definition) is 3. The van der Waals surface area contributed by atoms with Crippen molar-refractivity contribution in [2.75, 3.05) is 19.8 Å². The maximum absolute atomic E-state index is 12.4. The summed E-state index contributed by atoms with van der Waals surface area (Å²) in [5, 5.41) is 8.92. The fourth-order valence-electron chi connectivity index (χ4n) is 2.66. The normalized spacial score (nSPS) is 20.7. The molecule has 1 amide bonds. The van der Waals surface area contributed by atoms with Gasteiger partial charge in [0, 0.05) is 13.0 Å². The molecule has 1 aliphatic heterocycles. The zero-order valence-electron chi connectivity index (χ0n) is 12.6. The molecule has 1 rings (SSSR count). The highest BCUT2D eigenvalue weighted by Gasteiger charge is 2.29. The minimum atomic E-state index is -0.878. The van der Waals surface area contributed by atoms with E-state index in [1.54, 1.807) is 4.90 Å². The van der Waals surface area contributed by atoms with Crippen molar-refractivity contribution in [1.82, 2.24) is 4.90 Å². The number of hydrogen-bond donors (Lipinski definition) is 1. The zero-order chi connectivity index (χ0) is 15.0. The van der Waals surface area contributed by atoms with E-state index in [1.807, 2.05) is 0 Å². The van der Waals surface area contributed by atoms with Crippen LogP contribution < -0.4 is 0 Å². The molecule has 0 aromatic rings. The predicted molar refractivity (Wildman–Crippen MR) is 76.5 cm³/mol. The van der Waals surface area contributed by atoms with Crippen LogP contribution in [0.5, 0.6) is 0 Å². The molecule has 0 radical (unpaired) electrons. The summed E-state index contributed by atoms with van der Waals surface area (Å²) in [5.41, 5.74) is 0. The van der Waals surface area contributed by atoms with Crippen molar-refractivity contribution >= 4 is 11.9 Å². The molecule has 1 saturated heterocycles. The van der Waals surface area contributed by atoms with Gasteiger partial charge in [-0.2, -0.15) is 0 Å². The maximum Gasteiger partial charge on any atom is 0.305 e. The number of carboxylic acid groups (broad SMARTS) is 1. The Hall–Kier alpha value is -1.10.